The number of benzene rings is 1. The van der Waals surface area contributed by atoms with Gasteiger partial charge in [0.25, 0.3) is 5.91 Å². The van der Waals surface area contributed by atoms with Gasteiger partial charge in [0.05, 0.1) is 11.1 Å². The van der Waals surface area contributed by atoms with Crippen LogP contribution in [0.1, 0.15) is 29.0 Å². The van der Waals surface area contributed by atoms with Gasteiger partial charge in [0.1, 0.15) is 17.3 Å². The molecule has 0 aliphatic carbocycles. The Bertz CT molecular complexity index is 648. The number of nitrogen functional groups attached to an aromatic ring is 1. The van der Waals surface area contributed by atoms with Crippen LogP contribution in [-0.2, 0) is 0 Å². The lowest BCUT2D eigenvalue weighted by Crippen LogP contribution is -2.28. The molecule has 2 aromatic rings. The number of hydrogen-bond donors (Lipinski definition) is 2. The first-order valence-electron chi connectivity index (χ1n) is 5.95. The third-order valence-corrected chi connectivity index (χ3v) is 3.08. The summed E-state index contributed by atoms with van der Waals surface area (Å²) in [6.07, 6.45) is 0. The van der Waals surface area contributed by atoms with E-state index in [-0.39, 0.29) is 28.4 Å². The second-order valence-electron chi connectivity index (χ2n) is 4.32. The molecule has 0 fully saturated rings. The number of carbonyl (C=O) groups is 1. The number of hydrogen-bond acceptors (Lipinski definition) is 3. The molecule has 0 saturated carbocycles. The molecule has 0 radical (unpaired) electrons. The van der Waals surface area contributed by atoms with Crippen LogP contribution in [0.3, 0.4) is 0 Å². The summed E-state index contributed by atoms with van der Waals surface area (Å²) in [5.74, 6) is -0.610. The van der Waals surface area contributed by atoms with Gasteiger partial charge in [-0.05, 0) is 36.8 Å². The van der Waals surface area contributed by atoms with Crippen molar-refractivity contribution in [3.8, 4) is 0 Å². The van der Waals surface area contributed by atoms with Crippen molar-refractivity contribution in [2.24, 2.45) is 0 Å². The number of pyridine rings is 1. The Kier molecular flexibility index (Phi) is 4.20. The van der Waals surface area contributed by atoms with E-state index in [9.17, 15) is 9.18 Å². The van der Waals surface area contributed by atoms with Crippen LogP contribution < -0.4 is 11.1 Å². The molecule has 0 spiro atoms. The Morgan fingerprint density at radius 2 is 2.15 bits per heavy atom. The van der Waals surface area contributed by atoms with Crippen LogP contribution in [0.15, 0.2) is 36.4 Å². The van der Waals surface area contributed by atoms with Gasteiger partial charge < -0.3 is 11.1 Å². The highest BCUT2D eigenvalue weighted by Crippen LogP contribution is 2.18. The quantitative estimate of drug-likeness (QED) is 0.914. The van der Waals surface area contributed by atoms with Gasteiger partial charge in [0.2, 0.25) is 0 Å². The Hall–Kier alpha value is -2.14. The SMILES string of the molecule is CC(NC(=O)c1nc(N)ccc1Cl)c1cccc(F)c1. The molecule has 0 aliphatic rings. The zero-order valence-corrected chi connectivity index (χ0v) is 11.5. The summed E-state index contributed by atoms with van der Waals surface area (Å²) < 4.78 is 13.1. The number of nitrogens with two attached hydrogens (primary N) is 1. The molecule has 1 unspecified atom stereocenters. The highest BCUT2D eigenvalue weighted by atomic mass is 35.5. The molecule has 3 N–H and O–H groups in total. The first kappa shape index (κ1) is 14.3. The summed E-state index contributed by atoms with van der Waals surface area (Å²) >= 11 is 5.91. The largest absolute Gasteiger partial charge is 0.384 e. The second kappa shape index (κ2) is 5.88. The van der Waals surface area contributed by atoms with E-state index in [0.717, 1.165) is 0 Å². The molecule has 1 heterocycles. The Labute approximate surface area is 120 Å². The highest BCUT2D eigenvalue weighted by Gasteiger charge is 2.16. The third kappa shape index (κ3) is 3.24. The van der Waals surface area contributed by atoms with Gasteiger partial charge in [-0.15, -0.1) is 0 Å². The fraction of sp³-hybridized carbons (Fsp3) is 0.143. The van der Waals surface area contributed by atoms with Gasteiger partial charge in [-0.2, -0.15) is 0 Å². The smallest absolute Gasteiger partial charge is 0.271 e. The van der Waals surface area contributed by atoms with Gasteiger partial charge in [0.15, 0.2) is 0 Å². The maximum Gasteiger partial charge on any atom is 0.271 e. The van der Waals surface area contributed by atoms with Crippen LogP contribution in [0.4, 0.5) is 10.2 Å². The Morgan fingerprint density at radius 3 is 2.85 bits per heavy atom. The highest BCUT2D eigenvalue weighted by molar-refractivity contribution is 6.33. The fourth-order valence-corrected chi connectivity index (χ4v) is 1.93. The maximum absolute atomic E-state index is 13.1. The molecule has 1 amide bonds. The van der Waals surface area contributed by atoms with Gasteiger partial charge in [-0.3, -0.25) is 4.79 Å². The zero-order valence-electron chi connectivity index (χ0n) is 10.7. The molecule has 0 aliphatic heterocycles. The summed E-state index contributed by atoms with van der Waals surface area (Å²) in [7, 11) is 0. The molecular formula is C14H13ClFN3O. The van der Waals surface area contributed by atoms with Gasteiger partial charge in [0, 0.05) is 0 Å². The fourth-order valence-electron chi connectivity index (χ4n) is 1.74. The standard InChI is InChI=1S/C14H13ClFN3O/c1-8(9-3-2-4-10(16)7-9)18-14(20)13-11(15)5-6-12(17)19-13/h2-8H,1H3,(H2,17,19)(H,18,20). The van der Waals surface area contributed by atoms with E-state index in [1.807, 2.05) is 0 Å². The van der Waals surface area contributed by atoms with E-state index in [1.165, 1.54) is 24.3 Å². The normalized spacial score (nSPS) is 11.9. The number of rotatable bonds is 3. The van der Waals surface area contributed by atoms with E-state index < -0.39 is 5.91 Å². The number of amides is 1. The molecule has 6 heteroatoms. The van der Waals surface area contributed by atoms with Crippen LogP contribution in [0.5, 0.6) is 0 Å². The minimum atomic E-state index is -0.459. The lowest BCUT2D eigenvalue weighted by molar-refractivity contribution is 0.0935. The van der Waals surface area contributed by atoms with Gasteiger partial charge in [-0.25, -0.2) is 9.37 Å². The second-order valence-corrected chi connectivity index (χ2v) is 4.72. The minimum absolute atomic E-state index is 0.0509. The molecule has 2 rings (SSSR count). The molecule has 1 aromatic heterocycles. The van der Waals surface area contributed by atoms with Crippen molar-refractivity contribution in [3.05, 3.63) is 58.5 Å². The molecular weight excluding hydrogens is 281 g/mol. The van der Waals surface area contributed by atoms with Crippen molar-refractivity contribution in [2.45, 2.75) is 13.0 Å². The van der Waals surface area contributed by atoms with E-state index in [0.29, 0.717) is 5.56 Å². The van der Waals surface area contributed by atoms with Crippen LogP contribution in [-0.4, -0.2) is 10.9 Å². The van der Waals surface area contributed by atoms with Gasteiger partial charge in [-0.1, -0.05) is 23.7 Å². The van der Waals surface area contributed by atoms with E-state index in [4.69, 9.17) is 17.3 Å². The Balaban J connectivity index is 2.17. The molecule has 104 valence electrons. The van der Waals surface area contributed by atoms with Crippen molar-refractivity contribution in [2.75, 3.05) is 5.73 Å². The molecule has 4 nitrogen and oxygen atoms in total. The topological polar surface area (TPSA) is 68.0 Å². The summed E-state index contributed by atoms with van der Waals surface area (Å²) in [4.78, 5) is 16.0. The number of anilines is 1. The third-order valence-electron chi connectivity index (χ3n) is 2.78. The van der Waals surface area contributed by atoms with Crippen molar-refractivity contribution in [1.29, 1.82) is 0 Å². The number of nitrogens with zero attached hydrogens (tertiary/aromatic N) is 1. The summed E-state index contributed by atoms with van der Waals surface area (Å²) in [5, 5.41) is 2.91. The summed E-state index contributed by atoms with van der Waals surface area (Å²) in [6.45, 7) is 1.74. The lowest BCUT2D eigenvalue weighted by atomic mass is 10.1. The van der Waals surface area contributed by atoms with Crippen molar-refractivity contribution >= 4 is 23.3 Å². The molecule has 1 atom stereocenters. The van der Waals surface area contributed by atoms with Crippen LogP contribution in [0, 0.1) is 5.82 Å². The van der Waals surface area contributed by atoms with E-state index in [2.05, 4.69) is 10.3 Å². The van der Waals surface area contributed by atoms with Crippen molar-refractivity contribution in [1.82, 2.24) is 10.3 Å². The van der Waals surface area contributed by atoms with E-state index >= 15 is 0 Å². The maximum atomic E-state index is 13.1. The zero-order chi connectivity index (χ0) is 14.7. The minimum Gasteiger partial charge on any atom is -0.384 e. The average Bonchev–Trinajstić information content (AvgIpc) is 2.41. The molecule has 1 aromatic carbocycles. The number of halogens is 2. The van der Waals surface area contributed by atoms with Crippen molar-refractivity contribution < 1.29 is 9.18 Å². The average molecular weight is 294 g/mol. The number of nitrogens with one attached hydrogen (secondary N) is 1. The summed E-state index contributed by atoms with van der Waals surface area (Å²) in [6, 6.07) is 8.65. The van der Waals surface area contributed by atoms with Crippen LogP contribution in [0.25, 0.3) is 0 Å². The first-order valence-corrected chi connectivity index (χ1v) is 6.33. The monoisotopic (exact) mass is 293 g/mol. The predicted molar refractivity (Wildman–Crippen MR) is 75.9 cm³/mol. The summed E-state index contributed by atoms with van der Waals surface area (Å²) in [5.41, 5.74) is 6.23. The number of aromatic nitrogens is 1. The van der Waals surface area contributed by atoms with Gasteiger partial charge >= 0.3 is 0 Å². The van der Waals surface area contributed by atoms with Crippen LogP contribution >= 0.6 is 11.6 Å². The van der Waals surface area contributed by atoms with E-state index in [1.54, 1.807) is 19.1 Å². The molecule has 0 bridgehead atoms. The molecule has 20 heavy (non-hydrogen) atoms. The Morgan fingerprint density at radius 1 is 1.40 bits per heavy atom. The first-order chi connectivity index (χ1) is 9.47. The number of carbonyl (C=O) groups excluding carboxylic acids is 1. The predicted octanol–water partition coefficient (Wildman–Crippen LogP) is 2.95. The molecule has 0 saturated heterocycles. The van der Waals surface area contributed by atoms with Crippen molar-refractivity contribution in [3.63, 3.8) is 0 Å². The van der Waals surface area contributed by atoms with Crippen LogP contribution in [0.2, 0.25) is 5.02 Å². The lowest BCUT2D eigenvalue weighted by Gasteiger charge is -2.14.